The molecule has 1 fully saturated rings. The van der Waals surface area contributed by atoms with E-state index in [1.807, 2.05) is 42.3 Å². The van der Waals surface area contributed by atoms with Crippen molar-refractivity contribution < 1.29 is 4.79 Å². The van der Waals surface area contributed by atoms with E-state index in [0.717, 1.165) is 30.2 Å². The smallest absolute Gasteiger partial charge is 0.265 e. The average Bonchev–Trinajstić information content (AvgIpc) is 2.73. The Hall–Kier alpha value is -3.02. The summed E-state index contributed by atoms with van der Waals surface area (Å²) in [6.45, 7) is 3.01. The number of hydrogen-bond donors (Lipinski definition) is 0. The van der Waals surface area contributed by atoms with Crippen LogP contribution in [0.5, 0.6) is 0 Å². The number of rotatable bonds is 3. The van der Waals surface area contributed by atoms with Gasteiger partial charge in [0.25, 0.3) is 11.5 Å². The summed E-state index contributed by atoms with van der Waals surface area (Å²) in [5.74, 6) is -0.207. The minimum Gasteiger partial charge on any atom is -0.331 e. The monoisotopic (exact) mass is 362 g/mol. The molecule has 6 nitrogen and oxygen atoms in total. The van der Waals surface area contributed by atoms with Gasteiger partial charge >= 0.3 is 0 Å². The maximum atomic E-state index is 13.4. The second-order valence-corrected chi connectivity index (χ2v) is 6.82. The molecule has 1 amide bonds. The van der Waals surface area contributed by atoms with Gasteiger partial charge in [0.05, 0.1) is 6.04 Å². The minimum absolute atomic E-state index is 0.0426. The fourth-order valence-corrected chi connectivity index (χ4v) is 3.90. The van der Waals surface area contributed by atoms with E-state index in [4.69, 9.17) is 0 Å². The number of aromatic nitrogens is 3. The van der Waals surface area contributed by atoms with E-state index in [2.05, 4.69) is 9.97 Å². The summed E-state index contributed by atoms with van der Waals surface area (Å²) in [5, 5.41) is 0.803. The van der Waals surface area contributed by atoms with E-state index >= 15 is 0 Å². The molecular weight excluding hydrogens is 340 g/mol. The third kappa shape index (κ3) is 3.12. The molecule has 6 heteroatoms. The van der Waals surface area contributed by atoms with Crippen molar-refractivity contribution in [2.45, 2.75) is 38.8 Å². The molecule has 1 aliphatic rings. The normalized spacial score (nSPS) is 17.2. The third-order valence-electron chi connectivity index (χ3n) is 5.23. The Morgan fingerprint density at radius 1 is 1.22 bits per heavy atom. The summed E-state index contributed by atoms with van der Waals surface area (Å²) in [6.07, 6.45) is 8.09. The highest BCUT2D eigenvalue weighted by molar-refractivity contribution is 5.97. The van der Waals surface area contributed by atoms with Gasteiger partial charge in [0.2, 0.25) is 0 Å². The number of nitrogens with zero attached hydrogens (tertiary/aromatic N) is 4. The van der Waals surface area contributed by atoms with Crippen molar-refractivity contribution >= 4 is 16.9 Å². The van der Waals surface area contributed by atoms with E-state index in [-0.39, 0.29) is 23.1 Å². The highest BCUT2D eigenvalue weighted by atomic mass is 16.2. The van der Waals surface area contributed by atoms with Crippen LogP contribution < -0.4 is 5.56 Å². The molecule has 0 aromatic carbocycles. The molecule has 1 saturated heterocycles. The summed E-state index contributed by atoms with van der Waals surface area (Å²) in [7, 11) is 0. The fraction of sp³-hybridized carbons (Fsp3) is 0.333. The van der Waals surface area contributed by atoms with Gasteiger partial charge in [-0.2, -0.15) is 0 Å². The quantitative estimate of drug-likeness (QED) is 0.718. The number of piperidine rings is 1. The lowest BCUT2D eigenvalue weighted by Crippen LogP contribution is -2.41. The summed E-state index contributed by atoms with van der Waals surface area (Å²) in [5.41, 5.74) is 1.57. The van der Waals surface area contributed by atoms with E-state index in [9.17, 15) is 9.59 Å². The standard InChI is InChI=1S/C21H22N4O2/c1-2-24-19-15(7-6-11-23-19)13-17(20(24)26)21(27)25-12-4-3-9-18(25)16-8-5-10-22-14-16/h5-8,10-11,13-14,18H,2-4,9,12H2,1H3/t18-/m0/s1. The van der Waals surface area contributed by atoms with Gasteiger partial charge < -0.3 is 4.90 Å². The van der Waals surface area contributed by atoms with Crippen LogP contribution in [0.4, 0.5) is 0 Å². The predicted octanol–water partition coefficient (Wildman–Crippen LogP) is 3.18. The van der Waals surface area contributed by atoms with Gasteiger partial charge in [-0.1, -0.05) is 6.07 Å². The second kappa shape index (κ2) is 7.31. The van der Waals surface area contributed by atoms with Crippen LogP contribution >= 0.6 is 0 Å². The zero-order chi connectivity index (χ0) is 18.8. The molecule has 3 aromatic rings. The lowest BCUT2D eigenvalue weighted by Gasteiger charge is -2.36. The summed E-state index contributed by atoms with van der Waals surface area (Å²) in [4.78, 5) is 36.7. The van der Waals surface area contributed by atoms with Crippen molar-refractivity contribution in [2.75, 3.05) is 6.54 Å². The number of aryl methyl sites for hydroxylation is 1. The number of amides is 1. The van der Waals surface area contributed by atoms with Crippen molar-refractivity contribution in [3.63, 3.8) is 0 Å². The van der Waals surface area contributed by atoms with Crippen molar-refractivity contribution in [3.05, 3.63) is 70.4 Å². The van der Waals surface area contributed by atoms with Crippen molar-refractivity contribution in [3.8, 4) is 0 Å². The average molecular weight is 362 g/mol. The fourth-order valence-electron chi connectivity index (χ4n) is 3.90. The predicted molar refractivity (Wildman–Crippen MR) is 104 cm³/mol. The van der Waals surface area contributed by atoms with Crippen molar-refractivity contribution in [1.82, 2.24) is 19.4 Å². The van der Waals surface area contributed by atoms with Crippen LogP contribution in [-0.2, 0) is 6.54 Å². The summed E-state index contributed by atoms with van der Waals surface area (Å²) < 4.78 is 1.57. The van der Waals surface area contributed by atoms with Crippen LogP contribution in [-0.4, -0.2) is 31.9 Å². The maximum absolute atomic E-state index is 13.4. The Kier molecular flexibility index (Phi) is 4.71. The Bertz CT molecular complexity index is 1030. The third-order valence-corrected chi connectivity index (χ3v) is 5.23. The zero-order valence-corrected chi connectivity index (χ0v) is 15.3. The Morgan fingerprint density at radius 2 is 2.07 bits per heavy atom. The van der Waals surface area contributed by atoms with Crippen molar-refractivity contribution in [1.29, 1.82) is 0 Å². The van der Waals surface area contributed by atoms with E-state index in [1.54, 1.807) is 23.0 Å². The summed E-state index contributed by atoms with van der Waals surface area (Å²) in [6, 6.07) is 9.24. The van der Waals surface area contributed by atoms with Gasteiger partial charge in [0.15, 0.2) is 0 Å². The number of carbonyl (C=O) groups is 1. The van der Waals surface area contributed by atoms with Gasteiger partial charge in [-0.05, 0) is 56.0 Å². The first-order chi connectivity index (χ1) is 13.2. The van der Waals surface area contributed by atoms with Crippen molar-refractivity contribution in [2.24, 2.45) is 0 Å². The molecule has 1 atom stereocenters. The number of pyridine rings is 3. The second-order valence-electron chi connectivity index (χ2n) is 6.82. The molecule has 0 unspecified atom stereocenters. The van der Waals surface area contributed by atoms with Crippen LogP contribution in [0.1, 0.15) is 48.1 Å². The molecule has 0 radical (unpaired) electrons. The molecule has 138 valence electrons. The lowest BCUT2D eigenvalue weighted by molar-refractivity contribution is 0.0609. The van der Waals surface area contributed by atoms with Crippen LogP contribution in [0, 0.1) is 0 Å². The zero-order valence-electron chi connectivity index (χ0n) is 15.3. The topological polar surface area (TPSA) is 68.1 Å². The first-order valence-electron chi connectivity index (χ1n) is 9.40. The molecule has 27 heavy (non-hydrogen) atoms. The minimum atomic E-state index is -0.274. The molecule has 0 bridgehead atoms. The molecule has 0 aliphatic carbocycles. The van der Waals surface area contributed by atoms with Gasteiger partial charge in [-0.25, -0.2) is 4.98 Å². The first kappa shape index (κ1) is 17.4. The van der Waals surface area contributed by atoms with Gasteiger partial charge in [0, 0.05) is 37.1 Å². The molecule has 0 N–H and O–H groups in total. The molecule has 0 spiro atoms. The molecule has 4 heterocycles. The Labute approximate surface area is 157 Å². The largest absolute Gasteiger partial charge is 0.331 e. The Morgan fingerprint density at radius 3 is 2.85 bits per heavy atom. The Balaban J connectivity index is 1.79. The highest BCUT2D eigenvalue weighted by Crippen LogP contribution is 2.31. The molecule has 0 saturated carbocycles. The van der Waals surface area contributed by atoms with Crippen LogP contribution in [0.3, 0.4) is 0 Å². The molecule has 3 aromatic heterocycles. The highest BCUT2D eigenvalue weighted by Gasteiger charge is 2.30. The van der Waals surface area contributed by atoms with E-state index < -0.39 is 0 Å². The van der Waals surface area contributed by atoms with Crippen LogP contribution in [0.25, 0.3) is 11.0 Å². The molecule has 1 aliphatic heterocycles. The van der Waals surface area contributed by atoms with Gasteiger partial charge in [-0.15, -0.1) is 0 Å². The van der Waals surface area contributed by atoms with Crippen LogP contribution in [0.15, 0.2) is 53.7 Å². The number of hydrogen-bond acceptors (Lipinski definition) is 4. The SMILES string of the molecule is CCn1c(=O)c(C(=O)N2CCCC[C@H]2c2cccnc2)cc2cccnc21. The number of carbonyl (C=O) groups excluding carboxylic acids is 1. The van der Waals surface area contributed by atoms with Gasteiger partial charge in [0.1, 0.15) is 11.2 Å². The van der Waals surface area contributed by atoms with E-state index in [0.29, 0.717) is 18.7 Å². The maximum Gasteiger partial charge on any atom is 0.265 e. The van der Waals surface area contributed by atoms with E-state index in [1.165, 1.54) is 0 Å². The van der Waals surface area contributed by atoms with Crippen LogP contribution in [0.2, 0.25) is 0 Å². The first-order valence-corrected chi connectivity index (χ1v) is 9.40. The molecule has 4 rings (SSSR count). The lowest BCUT2D eigenvalue weighted by atomic mass is 9.95. The number of fused-ring (bicyclic) bond motifs is 1. The summed E-state index contributed by atoms with van der Waals surface area (Å²) >= 11 is 0. The number of likely N-dealkylation sites (tertiary alicyclic amines) is 1. The molecular formula is C21H22N4O2. The van der Waals surface area contributed by atoms with Gasteiger partial charge in [-0.3, -0.25) is 19.1 Å².